The Hall–Kier alpha value is -2.99. The van der Waals surface area contributed by atoms with Crippen LogP contribution in [-0.4, -0.2) is 15.5 Å². The van der Waals surface area contributed by atoms with Gasteiger partial charge >= 0.3 is 0 Å². The van der Waals surface area contributed by atoms with E-state index in [9.17, 15) is 8.42 Å². The van der Waals surface area contributed by atoms with Crippen LogP contribution < -0.4 is 14.2 Å². The minimum Gasteiger partial charge on any atom is -0.494 e. The molecule has 0 spiro atoms. The van der Waals surface area contributed by atoms with Gasteiger partial charge in [-0.1, -0.05) is 55.5 Å². The molecule has 0 bridgehead atoms. The maximum atomic E-state index is 12.7. The van der Waals surface area contributed by atoms with E-state index < -0.39 is 10.0 Å². The Balaban J connectivity index is 1.70. The molecule has 2 atom stereocenters. The van der Waals surface area contributed by atoms with Crippen LogP contribution in [-0.2, 0) is 10.0 Å². The predicted octanol–water partition coefficient (Wildman–Crippen LogP) is 4.73. The summed E-state index contributed by atoms with van der Waals surface area (Å²) < 4.78 is 39.7. The van der Waals surface area contributed by atoms with Crippen LogP contribution >= 0.6 is 0 Å². The maximum absolute atomic E-state index is 12.7. The first-order chi connectivity index (χ1) is 13.5. The molecule has 144 valence electrons. The number of sulfonamides is 1. The van der Waals surface area contributed by atoms with Gasteiger partial charge in [0, 0.05) is 17.5 Å². The molecule has 5 nitrogen and oxygen atoms in total. The van der Waals surface area contributed by atoms with Crippen molar-refractivity contribution in [3.63, 3.8) is 0 Å². The SMILES string of the molecule is COc1cc2c(cc1NS(=O)(=O)c1ccccc1)[C@@H](C)[C@H](c1ccccc1)O2. The summed E-state index contributed by atoms with van der Waals surface area (Å²) in [4.78, 5) is 0.198. The molecule has 0 saturated carbocycles. The summed E-state index contributed by atoms with van der Waals surface area (Å²) in [5.74, 6) is 1.20. The number of ether oxygens (including phenoxy) is 2. The highest BCUT2D eigenvalue weighted by Crippen LogP contribution is 2.49. The average Bonchev–Trinajstić information content (AvgIpc) is 3.04. The predicted molar refractivity (Wildman–Crippen MR) is 108 cm³/mol. The molecule has 1 aliphatic rings. The second-order valence-corrected chi connectivity index (χ2v) is 8.43. The average molecular weight is 395 g/mol. The molecule has 1 heterocycles. The van der Waals surface area contributed by atoms with Crippen molar-refractivity contribution in [1.29, 1.82) is 0 Å². The first-order valence-electron chi connectivity index (χ1n) is 9.01. The molecule has 0 aliphatic carbocycles. The highest BCUT2D eigenvalue weighted by Gasteiger charge is 2.34. The molecule has 0 fully saturated rings. The lowest BCUT2D eigenvalue weighted by molar-refractivity contribution is 0.215. The van der Waals surface area contributed by atoms with Crippen molar-refractivity contribution >= 4 is 15.7 Å². The molecule has 0 radical (unpaired) electrons. The van der Waals surface area contributed by atoms with Crippen LogP contribution in [0.25, 0.3) is 0 Å². The molecule has 28 heavy (non-hydrogen) atoms. The molecule has 6 heteroatoms. The van der Waals surface area contributed by atoms with Crippen LogP contribution in [0, 0.1) is 0 Å². The summed E-state index contributed by atoms with van der Waals surface area (Å²) in [7, 11) is -2.21. The lowest BCUT2D eigenvalue weighted by Crippen LogP contribution is -2.13. The van der Waals surface area contributed by atoms with E-state index in [0.717, 1.165) is 11.1 Å². The van der Waals surface area contributed by atoms with Gasteiger partial charge in [-0.15, -0.1) is 0 Å². The van der Waals surface area contributed by atoms with Gasteiger partial charge in [0.2, 0.25) is 0 Å². The maximum Gasteiger partial charge on any atom is 0.262 e. The van der Waals surface area contributed by atoms with Crippen molar-refractivity contribution in [3.8, 4) is 11.5 Å². The van der Waals surface area contributed by atoms with Gasteiger partial charge < -0.3 is 9.47 Å². The summed E-state index contributed by atoms with van der Waals surface area (Å²) in [5, 5.41) is 0. The summed E-state index contributed by atoms with van der Waals surface area (Å²) >= 11 is 0. The van der Waals surface area contributed by atoms with E-state index in [-0.39, 0.29) is 16.9 Å². The molecular formula is C22H21NO4S. The molecule has 0 saturated heterocycles. The smallest absolute Gasteiger partial charge is 0.262 e. The molecule has 3 aromatic carbocycles. The third-order valence-corrected chi connectivity index (χ3v) is 6.34. The summed E-state index contributed by atoms with van der Waals surface area (Å²) in [5.41, 5.74) is 2.42. The van der Waals surface area contributed by atoms with Crippen LogP contribution in [0.15, 0.2) is 77.7 Å². The number of nitrogens with one attached hydrogen (secondary N) is 1. The van der Waals surface area contributed by atoms with Gasteiger partial charge in [0.25, 0.3) is 10.0 Å². The minimum absolute atomic E-state index is 0.0725. The lowest BCUT2D eigenvalue weighted by Gasteiger charge is -2.15. The van der Waals surface area contributed by atoms with Gasteiger partial charge in [-0.05, 0) is 23.8 Å². The number of fused-ring (bicyclic) bond motifs is 1. The molecule has 0 unspecified atom stereocenters. The Morgan fingerprint density at radius 2 is 1.61 bits per heavy atom. The molecule has 4 rings (SSSR count). The van der Waals surface area contributed by atoms with Crippen LogP contribution in [0.3, 0.4) is 0 Å². The van der Waals surface area contributed by atoms with Crippen LogP contribution in [0.4, 0.5) is 5.69 Å². The van der Waals surface area contributed by atoms with Crippen LogP contribution in [0.2, 0.25) is 0 Å². The van der Waals surface area contributed by atoms with Crippen molar-refractivity contribution in [2.75, 3.05) is 11.8 Å². The summed E-state index contributed by atoms with van der Waals surface area (Å²) in [6, 6.07) is 21.8. The van der Waals surface area contributed by atoms with Crippen molar-refractivity contribution in [3.05, 3.63) is 83.9 Å². The van der Waals surface area contributed by atoms with Crippen LogP contribution in [0.5, 0.6) is 11.5 Å². The van der Waals surface area contributed by atoms with Crippen LogP contribution in [0.1, 0.15) is 30.1 Å². The zero-order valence-corrected chi connectivity index (χ0v) is 16.4. The molecular weight excluding hydrogens is 374 g/mol. The first kappa shape index (κ1) is 18.4. The van der Waals surface area contributed by atoms with E-state index in [2.05, 4.69) is 11.6 Å². The van der Waals surface area contributed by atoms with Crippen molar-refractivity contribution < 1.29 is 17.9 Å². The Morgan fingerprint density at radius 1 is 0.964 bits per heavy atom. The highest BCUT2D eigenvalue weighted by atomic mass is 32.2. The zero-order chi connectivity index (χ0) is 19.7. The standard InChI is InChI=1S/C22H21NO4S/c1-15-18-13-19(23-28(24,25)17-11-7-4-8-12-17)21(26-2)14-20(18)27-22(15)16-9-5-3-6-10-16/h3-15,22-23H,1-2H3/t15-,22-/m1/s1. The van der Waals surface area contributed by atoms with E-state index >= 15 is 0 Å². The summed E-state index contributed by atoms with van der Waals surface area (Å²) in [6.07, 6.45) is -0.123. The van der Waals surface area contributed by atoms with Gasteiger partial charge in [-0.25, -0.2) is 8.42 Å². The zero-order valence-electron chi connectivity index (χ0n) is 15.6. The second kappa shape index (κ2) is 7.20. The number of methoxy groups -OCH3 is 1. The summed E-state index contributed by atoms with van der Waals surface area (Å²) in [6.45, 7) is 2.07. The Morgan fingerprint density at radius 3 is 2.25 bits per heavy atom. The fourth-order valence-corrected chi connectivity index (χ4v) is 4.57. The highest BCUT2D eigenvalue weighted by molar-refractivity contribution is 7.92. The van der Waals surface area contributed by atoms with E-state index in [1.54, 1.807) is 36.4 Å². The van der Waals surface area contributed by atoms with Gasteiger partial charge in [0.05, 0.1) is 17.7 Å². The van der Waals surface area contributed by atoms with Crippen molar-refractivity contribution in [2.45, 2.75) is 23.8 Å². The quantitative estimate of drug-likeness (QED) is 0.678. The lowest BCUT2D eigenvalue weighted by atomic mass is 9.92. The topological polar surface area (TPSA) is 64.6 Å². The monoisotopic (exact) mass is 395 g/mol. The largest absolute Gasteiger partial charge is 0.494 e. The Labute approximate surface area is 165 Å². The molecule has 0 aromatic heterocycles. The number of anilines is 1. The fraction of sp³-hybridized carbons (Fsp3) is 0.182. The van der Waals surface area contributed by atoms with Crippen molar-refractivity contribution in [2.24, 2.45) is 0 Å². The number of hydrogen-bond acceptors (Lipinski definition) is 4. The molecule has 0 amide bonds. The molecule has 1 aliphatic heterocycles. The van der Waals surface area contributed by atoms with E-state index in [1.165, 1.54) is 7.11 Å². The second-order valence-electron chi connectivity index (χ2n) is 6.75. The van der Waals surface area contributed by atoms with E-state index in [1.807, 2.05) is 36.4 Å². The normalized spacial score (nSPS) is 18.2. The molecule has 3 aromatic rings. The number of benzene rings is 3. The van der Waals surface area contributed by atoms with Crippen molar-refractivity contribution in [1.82, 2.24) is 0 Å². The minimum atomic E-state index is -3.72. The van der Waals surface area contributed by atoms with Gasteiger partial charge in [-0.2, -0.15) is 0 Å². The van der Waals surface area contributed by atoms with Gasteiger partial charge in [0.15, 0.2) is 0 Å². The Bertz CT molecular complexity index is 1080. The van der Waals surface area contributed by atoms with Gasteiger partial charge in [0.1, 0.15) is 17.6 Å². The third-order valence-electron chi connectivity index (χ3n) is 4.96. The first-order valence-corrected chi connectivity index (χ1v) is 10.5. The Kier molecular flexibility index (Phi) is 4.73. The van der Waals surface area contributed by atoms with E-state index in [0.29, 0.717) is 17.2 Å². The number of hydrogen-bond donors (Lipinski definition) is 1. The van der Waals surface area contributed by atoms with Gasteiger partial charge in [-0.3, -0.25) is 4.72 Å². The fourth-order valence-electron chi connectivity index (χ4n) is 3.49. The number of rotatable bonds is 5. The molecule has 1 N–H and O–H groups in total. The van der Waals surface area contributed by atoms with E-state index in [4.69, 9.17) is 9.47 Å². The third kappa shape index (κ3) is 3.31.